The van der Waals surface area contributed by atoms with Gasteiger partial charge in [0.25, 0.3) is 0 Å². The van der Waals surface area contributed by atoms with Crippen molar-refractivity contribution in [1.29, 1.82) is 0 Å². The van der Waals surface area contributed by atoms with Crippen LogP contribution in [0.3, 0.4) is 0 Å². The maximum Gasteiger partial charge on any atom is 0.0643 e. The summed E-state index contributed by atoms with van der Waals surface area (Å²) in [4.78, 5) is 6.59. The van der Waals surface area contributed by atoms with Crippen molar-refractivity contribution < 1.29 is 0 Å². The molecule has 0 saturated carbocycles. The fraction of sp³-hybridized carbons (Fsp3) is 0.0968. The van der Waals surface area contributed by atoms with Gasteiger partial charge in [-0.2, -0.15) is 0 Å². The van der Waals surface area contributed by atoms with Crippen molar-refractivity contribution in [3.8, 4) is 16.8 Å². The Morgan fingerprint density at radius 2 is 1.39 bits per heavy atom. The fourth-order valence-corrected chi connectivity index (χ4v) is 14.6. The number of rotatable bonds is 6. The lowest BCUT2D eigenvalue weighted by Gasteiger charge is -2.38. The first kappa shape index (κ1) is 37.7. The third-order valence-electron chi connectivity index (χ3n) is 15.0. The van der Waals surface area contributed by atoms with Gasteiger partial charge in [-0.3, -0.25) is 0 Å². The van der Waals surface area contributed by atoms with E-state index in [1.807, 2.05) is 22.7 Å². The summed E-state index contributed by atoms with van der Waals surface area (Å²) in [6.45, 7) is 0. The molecule has 11 aromatic rings. The summed E-state index contributed by atoms with van der Waals surface area (Å²) in [7, 11) is 0. The number of fused-ring (bicyclic) bond motifs is 16. The highest BCUT2D eigenvalue weighted by Gasteiger charge is 2.40. The summed E-state index contributed by atoms with van der Waals surface area (Å²) in [5, 5.41) is 7.89. The van der Waals surface area contributed by atoms with Crippen molar-refractivity contribution in [2.45, 2.75) is 37.6 Å². The van der Waals surface area contributed by atoms with Crippen molar-refractivity contribution >= 4 is 103 Å². The van der Waals surface area contributed by atoms with Crippen LogP contribution < -0.4 is 9.80 Å². The Morgan fingerprint density at radius 1 is 0.597 bits per heavy atom. The van der Waals surface area contributed by atoms with E-state index in [4.69, 9.17) is 0 Å². The van der Waals surface area contributed by atoms with Crippen LogP contribution in [0, 0.1) is 0 Å². The zero-order valence-corrected chi connectivity index (χ0v) is 38.3. The number of thiophene rings is 2. The number of nitrogens with zero attached hydrogens (tertiary/aromatic N) is 3. The second kappa shape index (κ2) is 14.5. The van der Waals surface area contributed by atoms with Gasteiger partial charge in [0.2, 0.25) is 0 Å². The van der Waals surface area contributed by atoms with E-state index in [0.717, 1.165) is 37.1 Å². The van der Waals surface area contributed by atoms with E-state index in [0.29, 0.717) is 0 Å². The van der Waals surface area contributed by atoms with Gasteiger partial charge in [0.1, 0.15) is 0 Å². The Morgan fingerprint density at radius 3 is 2.27 bits per heavy atom. The smallest absolute Gasteiger partial charge is 0.0643 e. The van der Waals surface area contributed by atoms with Crippen molar-refractivity contribution in [1.82, 2.24) is 4.57 Å². The van der Waals surface area contributed by atoms with Gasteiger partial charge >= 0.3 is 0 Å². The van der Waals surface area contributed by atoms with Gasteiger partial charge in [-0.25, -0.2) is 0 Å². The van der Waals surface area contributed by atoms with Crippen molar-refractivity contribution in [3.63, 3.8) is 0 Å². The number of para-hydroxylation sites is 1. The zero-order chi connectivity index (χ0) is 43.7. The SMILES string of the molecule is C1=CCCC(N(c2ccc3c(c2)-c2c4n(c5c2ccc2ccccc25)-c2cc(N(c5ccccc5)c5cccc6sc7ccccc7c56)ccc2C4C3)C2CC=Cc3sc4ccccc4c32)=C1. The number of hydrogen-bond donors (Lipinski definition) is 0. The highest BCUT2D eigenvalue weighted by atomic mass is 32.1. The third-order valence-corrected chi connectivity index (χ3v) is 17.3. The predicted octanol–water partition coefficient (Wildman–Crippen LogP) is 17.7. The molecule has 15 rings (SSSR count). The summed E-state index contributed by atoms with van der Waals surface area (Å²) >= 11 is 3.81. The minimum Gasteiger partial charge on any atom is -0.337 e. The average molecular weight is 894 g/mol. The van der Waals surface area contributed by atoms with E-state index in [1.165, 1.54) is 113 Å². The van der Waals surface area contributed by atoms with Crippen molar-refractivity contribution in [2.24, 2.45) is 0 Å². The van der Waals surface area contributed by atoms with Gasteiger partial charge < -0.3 is 14.4 Å². The van der Waals surface area contributed by atoms with Gasteiger partial charge in [0.05, 0.1) is 22.9 Å². The molecular formula is C62H43N3S2. The van der Waals surface area contributed by atoms with Gasteiger partial charge in [0.15, 0.2) is 0 Å². The molecule has 8 aromatic carbocycles. The van der Waals surface area contributed by atoms with Crippen molar-refractivity contribution in [3.05, 3.63) is 227 Å². The highest BCUT2D eigenvalue weighted by Crippen LogP contribution is 2.57. The van der Waals surface area contributed by atoms with Crippen LogP contribution >= 0.6 is 22.7 Å². The van der Waals surface area contributed by atoms with Crippen LogP contribution in [0.5, 0.6) is 0 Å². The first-order valence-electron chi connectivity index (χ1n) is 23.7. The molecule has 5 heteroatoms. The normalized spacial score (nSPS) is 16.7. The second-order valence-corrected chi connectivity index (χ2v) is 20.7. The summed E-state index contributed by atoms with van der Waals surface area (Å²) in [6.07, 6.45) is 15.7. The van der Waals surface area contributed by atoms with Gasteiger partial charge in [-0.05, 0) is 126 Å². The van der Waals surface area contributed by atoms with E-state index < -0.39 is 0 Å². The lowest BCUT2D eigenvalue weighted by atomic mass is 9.79. The van der Waals surface area contributed by atoms with Gasteiger partial charge in [-0.15, -0.1) is 22.7 Å². The van der Waals surface area contributed by atoms with Crippen LogP contribution in [0.15, 0.2) is 200 Å². The molecule has 2 unspecified atom stereocenters. The Hall–Kier alpha value is -7.44. The third kappa shape index (κ3) is 5.50. The van der Waals surface area contributed by atoms with Gasteiger partial charge in [-0.1, -0.05) is 127 Å². The molecule has 4 aliphatic rings. The molecule has 0 amide bonds. The number of benzene rings is 8. The first-order valence-corrected chi connectivity index (χ1v) is 25.3. The Bertz CT molecular complexity index is 3970. The molecule has 0 bridgehead atoms. The number of hydrogen-bond acceptors (Lipinski definition) is 4. The summed E-state index contributed by atoms with van der Waals surface area (Å²) < 4.78 is 6.66. The molecule has 67 heavy (non-hydrogen) atoms. The Balaban J connectivity index is 0.951. The molecule has 4 heterocycles. The van der Waals surface area contributed by atoms with E-state index in [-0.39, 0.29) is 12.0 Å². The fourth-order valence-electron chi connectivity index (χ4n) is 12.3. The highest BCUT2D eigenvalue weighted by molar-refractivity contribution is 7.26. The molecule has 0 N–H and O–H groups in total. The second-order valence-electron chi connectivity index (χ2n) is 18.6. The molecule has 0 fully saturated rings. The summed E-state index contributed by atoms with van der Waals surface area (Å²) in [5.41, 5.74) is 17.3. The summed E-state index contributed by atoms with van der Waals surface area (Å²) in [5.74, 6) is 0.239. The number of anilines is 4. The van der Waals surface area contributed by atoms with Crippen LogP contribution in [0.2, 0.25) is 0 Å². The van der Waals surface area contributed by atoms with Crippen LogP contribution in [0.1, 0.15) is 58.5 Å². The van der Waals surface area contributed by atoms with Gasteiger partial charge in [0, 0.05) is 86.0 Å². The maximum atomic E-state index is 2.71. The van der Waals surface area contributed by atoms with Crippen molar-refractivity contribution in [2.75, 3.05) is 9.80 Å². The average Bonchev–Trinajstić information content (AvgIpc) is 4.14. The minimum atomic E-state index is 0.205. The molecule has 3 aromatic heterocycles. The van der Waals surface area contributed by atoms with Crippen LogP contribution in [0.25, 0.3) is 74.8 Å². The maximum absolute atomic E-state index is 2.71. The molecule has 0 spiro atoms. The quantitative estimate of drug-likeness (QED) is 0.165. The molecule has 2 atom stereocenters. The molecule has 0 radical (unpaired) electrons. The van der Waals surface area contributed by atoms with Crippen LogP contribution in [-0.4, -0.2) is 4.57 Å². The standard InChI is InChI=1S/C62H43N3S2/c1-3-16-40(17-4-1)63(51-23-13-27-56-59(51)46-21-9-11-25-54(46)66-56)42-31-29-39-35-50-45-34-32-43(37-53(45)65-61-44-20-8-7-15-38(44)30-33-48(61)58(62(50)65)49(39)36-42)64(41-18-5-2-6-19-41)52-24-14-28-57-60(52)47-22-10-12-26-55(47)67-57/h1-3,5-16,18-22,24-34,36-37,50-51H,4,17,23,35H2. The molecule has 1 aliphatic heterocycles. The van der Waals surface area contributed by atoms with E-state index in [9.17, 15) is 0 Å². The number of aromatic nitrogens is 1. The first-order chi connectivity index (χ1) is 33.2. The zero-order valence-electron chi connectivity index (χ0n) is 36.7. The molecule has 0 saturated heterocycles. The van der Waals surface area contributed by atoms with E-state index in [1.54, 1.807) is 0 Å². The molecule has 3 aliphatic carbocycles. The van der Waals surface area contributed by atoms with Crippen LogP contribution in [0.4, 0.5) is 22.7 Å². The Labute approximate surface area is 397 Å². The lowest BCUT2D eigenvalue weighted by molar-refractivity contribution is 0.661. The van der Waals surface area contributed by atoms with Crippen LogP contribution in [-0.2, 0) is 6.42 Å². The molecule has 318 valence electrons. The minimum absolute atomic E-state index is 0.205. The van der Waals surface area contributed by atoms with E-state index >= 15 is 0 Å². The van der Waals surface area contributed by atoms with E-state index in [2.05, 4.69) is 215 Å². The summed E-state index contributed by atoms with van der Waals surface area (Å²) in [6, 6.07) is 64.4. The topological polar surface area (TPSA) is 11.4 Å². The lowest BCUT2D eigenvalue weighted by Crippen LogP contribution is -2.29. The largest absolute Gasteiger partial charge is 0.337 e. The Kier molecular flexibility index (Phi) is 8.19. The monoisotopic (exact) mass is 893 g/mol. The molecule has 3 nitrogen and oxygen atoms in total. The number of allylic oxidation sites excluding steroid dienone is 4. The molecular weight excluding hydrogens is 851 g/mol. The predicted molar refractivity (Wildman–Crippen MR) is 286 cm³/mol.